The molecule has 6 heteroatoms. The summed E-state index contributed by atoms with van der Waals surface area (Å²) in [5.41, 5.74) is -0.162. The fraction of sp³-hybridized carbons (Fsp3) is 1.00. The van der Waals surface area contributed by atoms with Crippen molar-refractivity contribution in [1.29, 1.82) is 0 Å². The monoisotopic (exact) mass is 314 g/mol. The molecule has 1 spiro atoms. The Kier molecular flexibility index (Phi) is 2.94. The van der Waals surface area contributed by atoms with Crippen molar-refractivity contribution < 1.29 is 29.9 Å². The van der Waals surface area contributed by atoms with E-state index in [1.54, 1.807) is 0 Å². The Labute approximate surface area is 130 Å². The summed E-state index contributed by atoms with van der Waals surface area (Å²) in [6, 6.07) is 0. The van der Waals surface area contributed by atoms with Crippen LogP contribution in [0.4, 0.5) is 0 Å². The molecular formula is C16H26O6. The molecule has 126 valence electrons. The van der Waals surface area contributed by atoms with Gasteiger partial charge >= 0.3 is 0 Å². The maximum Gasteiger partial charge on any atom is 0.175 e. The van der Waals surface area contributed by atoms with Crippen LogP contribution in [0.1, 0.15) is 40.0 Å². The molecule has 4 aliphatic rings. The van der Waals surface area contributed by atoms with Crippen molar-refractivity contribution in [1.82, 2.24) is 0 Å². The molecule has 3 saturated carbocycles. The molecule has 22 heavy (non-hydrogen) atoms. The van der Waals surface area contributed by atoms with Crippen LogP contribution in [0.15, 0.2) is 0 Å². The number of hydrogen-bond acceptors (Lipinski definition) is 6. The largest absolute Gasteiger partial charge is 0.387 e. The first-order valence-electron chi connectivity index (χ1n) is 8.22. The van der Waals surface area contributed by atoms with Gasteiger partial charge in [0.05, 0.1) is 0 Å². The standard InChI is InChI=1S/C16H26O6/c1-14(2)7-4-5-15(14,3)16(6-7)21-12-10(19)8(17)9(18)11(20)13(12)22-16/h7-13,17-20H,4-6H2,1-3H3/t7?,8-,9-,10+,11+,12-,13+,15?,16?/m0/s1. The van der Waals surface area contributed by atoms with Crippen molar-refractivity contribution in [2.75, 3.05) is 0 Å². The van der Waals surface area contributed by atoms with E-state index in [1.807, 2.05) is 0 Å². The topological polar surface area (TPSA) is 99.4 Å². The number of aliphatic hydroxyl groups excluding tert-OH is 4. The molecule has 4 fully saturated rings. The minimum Gasteiger partial charge on any atom is -0.387 e. The van der Waals surface area contributed by atoms with Crippen LogP contribution in [0.2, 0.25) is 0 Å². The van der Waals surface area contributed by atoms with Crippen LogP contribution in [-0.4, -0.2) is 62.8 Å². The lowest BCUT2D eigenvalue weighted by Gasteiger charge is -2.45. The maximum absolute atomic E-state index is 10.2. The van der Waals surface area contributed by atoms with E-state index in [-0.39, 0.29) is 10.8 Å². The van der Waals surface area contributed by atoms with E-state index in [1.165, 1.54) is 0 Å². The van der Waals surface area contributed by atoms with Gasteiger partial charge in [0.15, 0.2) is 5.79 Å². The second-order valence-electron chi connectivity index (χ2n) is 8.37. The van der Waals surface area contributed by atoms with Crippen molar-refractivity contribution in [2.45, 2.75) is 82.4 Å². The molecule has 0 radical (unpaired) electrons. The van der Waals surface area contributed by atoms with Crippen molar-refractivity contribution in [3.63, 3.8) is 0 Å². The van der Waals surface area contributed by atoms with Gasteiger partial charge < -0.3 is 29.9 Å². The zero-order chi connectivity index (χ0) is 16.1. The molecule has 1 heterocycles. The lowest BCUT2D eigenvalue weighted by Crippen LogP contribution is -2.62. The quantitative estimate of drug-likeness (QED) is 0.493. The van der Waals surface area contributed by atoms with Crippen LogP contribution in [0.3, 0.4) is 0 Å². The fourth-order valence-corrected chi connectivity index (χ4v) is 5.46. The molecule has 4 N–H and O–H groups in total. The Balaban J connectivity index is 1.71. The van der Waals surface area contributed by atoms with Crippen LogP contribution in [0.25, 0.3) is 0 Å². The van der Waals surface area contributed by atoms with E-state index in [2.05, 4.69) is 20.8 Å². The molecule has 1 saturated heterocycles. The normalized spacial score (nSPS) is 62.6. The summed E-state index contributed by atoms with van der Waals surface area (Å²) in [7, 11) is 0. The van der Waals surface area contributed by atoms with Gasteiger partial charge in [-0.3, -0.25) is 0 Å². The van der Waals surface area contributed by atoms with Crippen molar-refractivity contribution in [3.05, 3.63) is 0 Å². The highest BCUT2D eigenvalue weighted by Gasteiger charge is 2.75. The predicted octanol–water partition coefficient (Wildman–Crippen LogP) is -0.230. The molecule has 3 aliphatic carbocycles. The highest BCUT2D eigenvalue weighted by atomic mass is 16.8. The van der Waals surface area contributed by atoms with E-state index in [0.717, 1.165) is 19.3 Å². The number of hydrogen-bond donors (Lipinski definition) is 4. The van der Waals surface area contributed by atoms with Gasteiger partial charge in [0.1, 0.15) is 36.6 Å². The molecule has 0 aromatic heterocycles. The Morgan fingerprint density at radius 3 is 1.68 bits per heavy atom. The summed E-state index contributed by atoms with van der Waals surface area (Å²) in [4.78, 5) is 0. The first-order valence-corrected chi connectivity index (χ1v) is 8.22. The number of aliphatic hydroxyl groups is 4. The van der Waals surface area contributed by atoms with E-state index in [0.29, 0.717) is 5.92 Å². The summed E-state index contributed by atoms with van der Waals surface area (Å²) in [5.74, 6) is -0.373. The third-order valence-electron chi connectivity index (χ3n) is 7.49. The summed E-state index contributed by atoms with van der Waals surface area (Å²) in [6.07, 6.45) is -4.13. The minimum atomic E-state index is -1.42. The van der Waals surface area contributed by atoms with Gasteiger partial charge in [0.25, 0.3) is 0 Å². The number of ether oxygens (including phenoxy) is 2. The zero-order valence-corrected chi connectivity index (χ0v) is 13.3. The van der Waals surface area contributed by atoms with Gasteiger partial charge in [-0.05, 0) is 24.2 Å². The second kappa shape index (κ2) is 4.23. The van der Waals surface area contributed by atoms with Crippen molar-refractivity contribution in [2.24, 2.45) is 16.7 Å². The van der Waals surface area contributed by atoms with Gasteiger partial charge in [-0.2, -0.15) is 0 Å². The SMILES string of the molecule is CC1(C)C2CCC1(C)C1(C2)O[C@@H]2[C@H](O)[C@@H](O)[C@H](O)[C@@H](O)[C@@H]2O1. The van der Waals surface area contributed by atoms with Crippen LogP contribution in [-0.2, 0) is 9.47 Å². The summed E-state index contributed by atoms with van der Waals surface area (Å²) in [5, 5.41) is 40.3. The molecule has 0 amide bonds. The maximum atomic E-state index is 10.2. The predicted molar refractivity (Wildman–Crippen MR) is 75.7 cm³/mol. The van der Waals surface area contributed by atoms with Gasteiger partial charge in [0.2, 0.25) is 0 Å². The van der Waals surface area contributed by atoms with Gasteiger partial charge in [-0.15, -0.1) is 0 Å². The molecule has 0 aromatic carbocycles. The Morgan fingerprint density at radius 2 is 1.32 bits per heavy atom. The molecule has 4 rings (SSSR count). The molecule has 9 atom stereocenters. The number of fused-ring (bicyclic) bond motifs is 4. The highest BCUT2D eigenvalue weighted by molar-refractivity contribution is 5.19. The van der Waals surface area contributed by atoms with Gasteiger partial charge in [-0.1, -0.05) is 20.8 Å². The Morgan fingerprint density at radius 1 is 0.818 bits per heavy atom. The van der Waals surface area contributed by atoms with Gasteiger partial charge in [0, 0.05) is 11.8 Å². The highest BCUT2D eigenvalue weighted by Crippen LogP contribution is 2.72. The van der Waals surface area contributed by atoms with Gasteiger partial charge in [-0.25, -0.2) is 0 Å². The lowest BCUT2D eigenvalue weighted by atomic mass is 9.68. The van der Waals surface area contributed by atoms with E-state index in [9.17, 15) is 20.4 Å². The van der Waals surface area contributed by atoms with E-state index in [4.69, 9.17) is 9.47 Å². The molecule has 2 bridgehead atoms. The smallest absolute Gasteiger partial charge is 0.175 e. The van der Waals surface area contributed by atoms with E-state index >= 15 is 0 Å². The molecule has 6 nitrogen and oxygen atoms in total. The summed E-state index contributed by atoms with van der Waals surface area (Å²) in [6.45, 7) is 6.61. The minimum absolute atomic E-state index is 0.0492. The lowest BCUT2D eigenvalue weighted by molar-refractivity contribution is -0.256. The molecular weight excluding hydrogens is 288 g/mol. The Bertz CT molecular complexity index is 471. The zero-order valence-electron chi connectivity index (χ0n) is 13.3. The second-order valence-corrected chi connectivity index (χ2v) is 8.37. The van der Waals surface area contributed by atoms with Crippen molar-refractivity contribution >= 4 is 0 Å². The molecule has 1 aliphatic heterocycles. The third kappa shape index (κ3) is 1.47. The summed E-state index contributed by atoms with van der Waals surface area (Å²) >= 11 is 0. The van der Waals surface area contributed by atoms with E-state index < -0.39 is 42.4 Å². The van der Waals surface area contributed by atoms with Crippen LogP contribution in [0, 0.1) is 16.7 Å². The first kappa shape index (κ1) is 15.3. The molecule has 3 unspecified atom stereocenters. The molecule has 0 aromatic rings. The first-order chi connectivity index (χ1) is 10.1. The average Bonchev–Trinajstić information content (AvgIpc) is 3.01. The Hall–Kier alpha value is -0.240. The third-order valence-corrected chi connectivity index (χ3v) is 7.49. The summed E-state index contributed by atoms with van der Waals surface area (Å²) < 4.78 is 12.4. The van der Waals surface area contributed by atoms with Crippen molar-refractivity contribution in [3.8, 4) is 0 Å². The van der Waals surface area contributed by atoms with Crippen LogP contribution < -0.4 is 0 Å². The average molecular weight is 314 g/mol. The van der Waals surface area contributed by atoms with Crippen LogP contribution in [0.5, 0.6) is 0 Å². The number of rotatable bonds is 0. The fourth-order valence-electron chi connectivity index (χ4n) is 5.46. The van der Waals surface area contributed by atoms with Crippen LogP contribution >= 0.6 is 0 Å².